The maximum atomic E-state index is 11.9. The number of hydrogen-bond donors (Lipinski definition) is 1. The third-order valence-corrected chi connectivity index (χ3v) is 5.26. The van der Waals surface area contributed by atoms with Crippen LogP contribution < -0.4 is 5.32 Å². The van der Waals surface area contributed by atoms with Crippen molar-refractivity contribution in [1.29, 1.82) is 0 Å². The van der Waals surface area contributed by atoms with Crippen LogP contribution in [0, 0.1) is 6.92 Å². The zero-order chi connectivity index (χ0) is 13.4. The van der Waals surface area contributed by atoms with Crippen molar-refractivity contribution in [3.8, 4) is 0 Å². The monoisotopic (exact) mass is 295 g/mol. The highest BCUT2D eigenvalue weighted by atomic mass is 35.7. The molecular weight excluding hydrogens is 282 g/mol. The third-order valence-electron chi connectivity index (χ3n) is 1.95. The average Bonchev–Trinajstić information content (AvgIpc) is 2.42. The Hall–Kier alpha value is -0.590. The summed E-state index contributed by atoms with van der Waals surface area (Å²) in [6.45, 7) is 7.13. The molecule has 0 saturated heterocycles. The molecule has 1 aromatic rings. The Kier molecular flexibility index (Phi) is 3.91. The fourth-order valence-electron chi connectivity index (χ4n) is 1.27. The quantitative estimate of drug-likeness (QED) is 0.853. The molecule has 0 aliphatic rings. The molecule has 1 amide bonds. The molecule has 0 saturated carbocycles. The van der Waals surface area contributed by atoms with Gasteiger partial charge < -0.3 is 5.32 Å². The van der Waals surface area contributed by atoms with Crippen LogP contribution in [0.4, 0.5) is 0 Å². The number of nitrogens with one attached hydrogen (secondary N) is 1. The SMILES string of the molecule is Cc1c(C(=O)NC(C)(C)C)csc1S(=O)(=O)Cl. The predicted molar refractivity (Wildman–Crippen MR) is 69.3 cm³/mol. The highest BCUT2D eigenvalue weighted by molar-refractivity contribution is 8.15. The van der Waals surface area contributed by atoms with E-state index in [0.29, 0.717) is 11.1 Å². The standard InChI is InChI=1S/C10H14ClNO3S2/c1-6-7(8(13)12-10(2,3)4)5-16-9(6)17(11,14)15/h5H,1-4H3,(H,12,13). The molecule has 1 aromatic heterocycles. The minimum absolute atomic E-state index is 0.0261. The van der Waals surface area contributed by atoms with Crippen molar-refractivity contribution >= 4 is 37.0 Å². The second kappa shape index (κ2) is 4.59. The summed E-state index contributed by atoms with van der Waals surface area (Å²) in [5, 5.41) is 4.28. The number of rotatable bonds is 2. The predicted octanol–water partition coefficient (Wildman–Crippen LogP) is 2.51. The summed E-state index contributed by atoms with van der Waals surface area (Å²) < 4.78 is 22.5. The number of carbonyl (C=O) groups excluding carboxylic acids is 1. The number of thiophene rings is 1. The van der Waals surface area contributed by atoms with E-state index >= 15 is 0 Å². The highest BCUT2D eigenvalue weighted by Crippen LogP contribution is 2.29. The lowest BCUT2D eigenvalue weighted by molar-refractivity contribution is 0.0919. The molecule has 0 atom stereocenters. The molecule has 4 nitrogen and oxygen atoms in total. The molecule has 0 bridgehead atoms. The molecule has 1 N–H and O–H groups in total. The van der Waals surface area contributed by atoms with Gasteiger partial charge >= 0.3 is 0 Å². The van der Waals surface area contributed by atoms with Crippen LogP contribution >= 0.6 is 22.0 Å². The van der Waals surface area contributed by atoms with Crippen molar-refractivity contribution in [3.63, 3.8) is 0 Å². The van der Waals surface area contributed by atoms with Gasteiger partial charge in [0.25, 0.3) is 15.0 Å². The summed E-state index contributed by atoms with van der Waals surface area (Å²) in [6, 6.07) is 0. The van der Waals surface area contributed by atoms with Crippen molar-refractivity contribution in [1.82, 2.24) is 5.32 Å². The third kappa shape index (κ3) is 3.69. The van der Waals surface area contributed by atoms with Crippen molar-refractivity contribution < 1.29 is 13.2 Å². The molecule has 0 radical (unpaired) electrons. The summed E-state index contributed by atoms with van der Waals surface area (Å²) in [5.74, 6) is -0.294. The molecule has 0 spiro atoms. The maximum Gasteiger partial charge on any atom is 0.271 e. The van der Waals surface area contributed by atoms with Crippen molar-refractivity contribution in [2.45, 2.75) is 37.4 Å². The van der Waals surface area contributed by atoms with Gasteiger partial charge in [0.1, 0.15) is 4.21 Å². The van der Waals surface area contributed by atoms with Crippen LogP contribution in [0.5, 0.6) is 0 Å². The van der Waals surface area contributed by atoms with E-state index in [0.717, 1.165) is 11.3 Å². The Labute approximate surface area is 109 Å². The van der Waals surface area contributed by atoms with Gasteiger partial charge in [0.2, 0.25) is 0 Å². The van der Waals surface area contributed by atoms with Gasteiger partial charge in [0.15, 0.2) is 0 Å². The zero-order valence-corrected chi connectivity index (χ0v) is 12.4. The molecule has 96 valence electrons. The first-order valence-electron chi connectivity index (χ1n) is 4.87. The van der Waals surface area contributed by atoms with E-state index in [1.54, 1.807) is 6.92 Å². The Balaban J connectivity index is 3.11. The fraction of sp³-hybridized carbons (Fsp3) is 0.500. The molecule has 7 heteroatoms. The lowest BCUT2D eigenvalue weighted by Crippen LogP contribution is -2.40. The lowest BCUT2D eigenvalue weighted by Gasteiger charge is -2.20. The molecule has 17 heavy (non-hydrogen) atoms. The van der Waals surface area contributed by atoms with E-state index in [1.807, 2.05) is 20.8 Å². The largest absolute Gasteiger partial charge is 0.347 e. The van der Waals surface area contributed by atoms with Crippen LogP contribution in [0.1, 0.15) is 36.7 Å². The minimum Gasteiger partial charge on any atom is -0.347 e. The van der Waals surface area contributed by atoms with Gasteiger partial charge in [-0.1, -0.05) is 0 Å². The zero-order valence-electron chi connectivity index (χ0n) is 10.00. The van der Waals surface area contributed by atoms with E-state index < -0.39 is 9.05 Å². The molecule has 0 aliphatic carbocycles. The number of hydrogen-bond acceptors (Lipinski definition) is 4. The van der Waals surface area contributed by atoms with Gasteiger partial charge in [-0.2, -0.15) is 0 Å². The summed E-state index contributed by atoms with van der Waals surface area (Å²) >= 11 is 0.957. The van der Waals surface area contributed by atoms with Crippen molar-refractivity contribution in [3.05, 3.63) is 16.5 Å². The number of halogens is 1. The van der Waals surface area contributed by atoms with Gasteiger partial charge in [-0.25, -0.2) is 8.42 Å². The number of amides is 1. The van der Waals surface area contributed by atoms with Gasteiger partial charge in [0, 0.05) is 21.6 Å². The second-order valence-electron chi connectivity index (χ2n) is 4.70. The molecule has 0 aromatic carbocycles. The fourth-order valence-corrected chi connectivity index (χ4v) is 3.82. The van der Waals surface area contributed by atoms with Gasteiger partial charge in [-0.15, -0.1) is 11.3 Å². The Morgan fingerprint density at radius 3 is 2.29 bits per heavy atom. The van der Waals surface area contributed by atoms with E-state index in [2.05, 4.69) is 5.32 Å². The smallest absolute Gasteiger partial charge is 0.271 e. The average molecular weight is 296 g/mol. The maximum absolute atomic E-state index is 11.9. The minimum atomic E-state index is -3.78. The van der Waals surface area contributed by atoms with E-state index in [4.69, 9.17) is 10.7 Å². The van der Waals surface area contributed by atoms with Crippen LogP contribution in [-0.2, 0) is 9.05 Å². The van der Waals surface area contributed by atoms with E-state index in [9.17, 15) is 13.2 Å². The lowest BCUT2D eigenvalue weighted by atomic mass is 10.1. The first-order valence-corrected chi connectivity index (χ1v) is 8.06. The van der Waals surface area contributed by atoms with Crippen molar-refractivity contribution in [2.75, 3.05) is 0 Å². The summed E-state index contributed by atoms with van der Waals surface area (Å²) in [5.41, 5.74) is 0.377. The van der Waals surface area contributed by atoms with Crippen LogP contribution in [0.15, 0.2) is 9.59 Å². The van der Waals surface area contributed by atoms with Crippen LogP contribution in [0.25, 0.3) is 0 Å². The molecule has 0 aliphatic heterocycles. The molecule has 0 unspecified atom stereocenters. The van der Waals surface area contributed by atoms with Gasteiger partial charge in [-0.3, -0.25) is 4.79 Å². The Morgan fingerprint density at radius 2 is 1.94 bits per heavy atom. The summed E-state index contributed by atoms with van der Waals surface area (Å²) in [6.07, 6.45) is 0. The van der Waals surface area contributed by atoms with Crippen LogP contribution in [0.2, 0.25) is 0 Å². The first kappa shape index (κ1) is 14.5. The van der Waals surface area contributed by atoms with Gasteiger partial charge in [0.05, 0.1) is 5.56 Å². The molecule has 1 rings (SSSR count). The normalized spacial score (nSPS) is 12.5. The van der Waals surface area contributed by atoms with E-state index in [1.165, 1.54) is 5.38 Å². The molecule has 0 fully saturated rings. The molecular formula is C10H14ClNO3S2. The van der Waals surface area contributed by atoms with Crippen molar-refractivity contribution in [2.24, 2.45) is 0 Å². The second-order valence-corrected chi connectivity index (χ2v) is 8.34. The van der Waals surface area contributed by atoms with Crippen LogP contribution in [-0.4, -0.2) is 19.9 Å². The summed E-state index contributed by atoms with van der Waals surface area (Å²) in [7, 11) is 1.49. The first-order chi connectivity index (χ1) is 7.52. The van der Waals surface area contributed by atoms with Gasteiger partial charge in [-0.05, 0) is 33.3 Å². The molecule has 1 heterocycles. The topological polar surface area (TPSA) is 63.2 Å². The number of carbonyl (C=O) groups is 1. The summed E-state index contributed by atoms with van der Waals surface area (Å²) in [4.78, 5) is 11.9. The van der Waals surface area contributed by atoms with E-state index in [-0.39, 0.29) is 15.7 Å². The Bertz CT molecular complexity index is 540. The highest BCUT2D eigenvalue weighted by Gasteiger charge is 2.23. The van der Waals surface area contributed by atoms with Crippen LogP contribution in [0.3, 0.4) is 0 Å². The Morgan fingerprint density at radius 1 is 1.41 bits per heavy atom.